The van der Waals surface area contributed by atoms with Gasteiger partial charge in [0.2, 0.25) is 0 Å². The maximum atomic E-state index is 14.7. The highest BCUT2D eigenvalue weighted by atomic mass is 32.2. The zero-order valence-corrected chi connectivity index (χ0v) is 19.7. The lowest BCUT2D eigenvalue weighted by atomic mass is 9.97. The van der Waals surface area contributed by atoms with Gasteiger partial charge in [-0.3, -0.25) is 4.79 Å². The molecule has 2 aliphatic rings. The van der Waals surface area contributed by atoms with Crippen LogP contribution in [0.2, 0.25) is 0 Å². The highest BCUT2D eigenvalue weighted by Crippen LogP contribution is 2.39. The van der Waals surface area contributed by atoms with E-state index in [2.05, 4.69) is 10.3 Å². The molecule has 4 rings (SSSR count). The lowest BCUT2D eigenvalue weighted by molar-refractivity contribution is -0.138. The average molecular weight is 520 g/mol. The minimum atomic E-state index is -4.79. The van der Waals surface area contributed by atoms with Gasteiger partial charge in [-0.2, -0.15) is 23.4 Å². The number of aliphatic imine (C=N–C) groups is 1. The summed E-state index contributed by atoms with van der Waals surface area (Å²) in [6.45, 7) is 2.21. The Labute approximate surface area is 209 Å². The van der Waals surface area contributed by atoms with Gasteiger partial charge in [0, 0.05) is 19.8 Å². The minimum Gasteiger partial charge on any atom is -0.454 e. The number of nitrogens with one attached hydrogen (secondary N) is 1. The molecule has 0 spiro atoms. The van der Waals surface area contributed by atoms with Crippen LogP contribution in [0.1, 0.15) is 36.0 Å². The average Bonchev–Trinajstić information content (AvgIpc) is 3.19. The second-order valence-corrected chi connectivity index (χ2v) is 9.25. The maximum absolute atomic E-state index is 14.7. The van der Waals surface area contributed by atoms with E-state index in [0.29, 0.717) is 34.2 Å². The number of rotatable bonds is 6. The molecule has 2 aliphatic heterocycles. The number of hydrogen-bond acceptors (Lipinski definition) is 6. The lowest BCUT2D eigenvalue weighted by Gasteiger charge is -2.21. The van der Waals surface area contributed by atoms with Gasteiger partial charge in [-0.1, -0.05) is 6.07 Å². The quantitative estimate of drug-likeness (QED) is 0.379. The number of thioether (sulfide) groups is 1. The number of ether oxygens (including phenoxy) is 2. The monoisotopic (exact) mass is 519 g/mol. The van der Waals surface area contributed by atoms with Crippen LogP contribution in [-0.2, 0) is 15.7 Å². The number of nitriles is 1. The van der Waals surface area contributed by atoms with Gasteiger partial charge >= 0.3 is 6.18 Å². The zero-order chi connectivity index (χ0) is 25.7. The van der Waals surface area contributed by atoms with Crippen LogP contribution in [0.5, 0.6) is 11.5 Å². The molecular formula is C25H21F4N3O3S. The molecule has 2 aromatic carbocycles. The van der Waals surface area contributed by atoms with Gasteiger partial charge in [0.25, 0.3) is 5.91 Å². The first-order valence-electron chi connectivity index (χ1n) is 11.2. The fraction of sp³-hybridized carbons (Fsp3) is 0.320. The number of amides is 1. The molecule has 0 saturated carbocycles. The molecule has 0 radical (unpaired) electrons. The van der Waals surface area contributed by atoms with Crippen molar-refractivity contribution < 1.29 is 31.8 Å². The van der Waals surface area contributed by atoms with Crippen LogP contribution < -0.4 is 10.1 Å². The van der Waals surface area contributed by atoms with Crippen LogP contribution in [0.4, 0.5) is 17.6 Å². The normalized spacial score (nSPS) is 17.7. The summed E-state index contributed by atoms with van der Waals surface area (Å²) in [5, 5.41) is 12.5. The lowest BCUT2D eigenvalue weighted by Crippen LogP contribution is -2.24. The summed E-state index contributed by atoms with van der Waals surface area (Å²) < 4.78 is 65.3. The molecule has 0 bridgehead atoms. The molecule has 36 heavy (non-hydrogen) atoms. The van der Waals surface area contributed by atoms with E-state index in [1.165, 1.54) is 18.2 Å². The molecule has 1 N–H and O–H groups in total. The molecule has 188 valence electrons. The van der Waals surface area contributed by atoms with Crippen molar-refractivity contribution in [3.05, 3.63) is 63.8 Å². The fourth-order valence-corrected chi connectivity index (χ4v) is 4.61. The summed E-state index contributed by atoms with van der Waals surface area (Å²) in [5.41, 5.74) is -1.06. The summed E-state index contributed by atoms with van der Waals surface area (Å²) in [7, 11) is 0. The first-order chi connectivity index (χ1) is 17.2. The molecule has 2 aromatic rings. The first kappa shape index (κ1) is 25.7. The Bertz CT molecular complexity index is 1250. The highest BCUT2D eigenvalue weighted by molar-refractivity contribution is 8.18. The Hall–Kier alpha value is -3.36. The fourth-order valence-electron chi connectivity index (χ4n) is 3.77. The Morgan fingerprint density at radius 2 is 1.94 bits per heavy atom. The third-order valence-corrected chi connectivity index (χ3v) is 6.62. The van der Waals surface area contributed by atoms with E-state index in [-0.39, 0.29) is 5.56 Å². The van der Waals surface area contributed by atoms with E-state index in [1.54, 1.807) is 6.07 Å². The molecule has 1 amide bonds. The Morgan fingerprint density at radius 3 is 2.64 bits per heavy atom. The number of alkyl halides is 3. The molecule has 1 saturated heterocycles. The van der Waals surface area contributed by atoms with Crippen LogP contribution in [-0.4, -0.2) is 30.8 Å². The van der Waals surface area contributed by atoms with Crippen molar-refractivity contribution in [1.82, 2.24) is 5.32 Å². The third kappa shape index (κ3) is 6.44. The van der Waals surface area contributed by atoms with Crippen molar-refractivity contribution in [2.24, 2.45) is 10.9 Å². The Kier molecular flexibility index (Phi) is 7.96. The first-order valence-corrected chi connectivity index (χ1v) is 12.0. The number of halogens is 4. The van der Waals surface area contributed by atoms with Gasteiger partial charge < -0.3 is 14.8 Å². The van der Waals surface area contributed by atoms with Crippen LogP contribution >= 0.6 is 11.8 Å². The van der Waals surface area contributed by atoms with Crippen LogP contribution in [0.25, 0.3) is 6.08 Å². The second-order valence-electron chi connectivity index (χ2n) is 8.22. The van der Waals surface area contributed by atoms with Crippen molar-refractivity contribution in [3.63, 3.8) is 0 Å². The standard InChI is InChI=1S/C25H21F4N3O3S/c26-19-12-16(1-4-21(19)35-20-3-2-17(14-30)11-18(20)25(27,28)29)13-22-23(33)32-24(36-22)31-8-5-15-6-9-34-10-7-15/h1-4,11-13,15H,5-10H2,(H,31,32,33)/b22-13-. The number of amidine groups is 1. The maximum Gasteiger partial charge on any atom is 0.420 e. The van der Waals surface area contributed by atoms with Gasteiger partial charge in [-0.25, -0.2) is 4.39 Å². The summed E-state index contributed by atoms with van der Waals surface area (Å²) in [4.78, 5) is 16.5. The number of hydrogen-bond donors (Lipinski definition) is 1. The second kappa shape index (κ2) is 11.1. The van der Waals surface area contributed by atoms with Gasteiger partial charge in [0.05, 0.1) is 22.1 Å². The van der Waals surface area contributed by atoms with Crippen molar-refractivity contribution in [2.45, 2.75) is 25.4 Å². The predicted molar refractivity (Wildman–Crippen MR) is 127 cm³/mol. The number of carbonyl (C=O) groups is 1. The highest BCUT2D eigenvalue weighted by Gasteiger charge is 2.35. The SMILES string of the molecule is N#Cc1ccc(Oc2ccc(/C=C3\SC(NCCC4CCOCC4)=NC3=O)cc2F)c(C(F)(F)F)c1. The third-order valence-electron chi connectivity index (χ3n) is 5.68. The van der Waals surface area contributed by atoms with E-state index in [0.717, 1.165) is 62.4 Å². The Morgan fingerprint density at radius 1 is 1.19 bits per heavy atom. The van der Waals surface area contributed by atoms with E-state index >= 15 is 0 Å². The smallest absolute Gasteiger partial charge is 0.420 e. The van der Waals surface area contributed by atoms with Gasteiger partial charge in [0.15, 0.2) is 16.7 Å². The van der Waals surface area contributed by atoms with E-state index in [9.17, 15) is 22.4 Å². The molecule has 0 aliphatic carbocycles. The van der Waals surface area contributed by atoms with Crippen LogP contribution in [0, 0.1) is 23.1 Å². The van der Waals surface area contributed by atoms with Crippen molar-refractivity contribution in [2.75, 3.05) is 19.8 Å². The Balaban J connectivity index is 1.40. The molecule has 11 heteroatoms. The molecule has 1 fully saturated rings. The van der Waals surface area contributed by atoms with Gasteiger partial charge in [-0.05, 0) is 78.9 Å². The molecule has 0 aromatic heterocycles. The van der Waals surface area contributed by atoms with Gasteiger partial charge in [0.1, 0.15) is 5.75 Å². The van der Waals surface area contributed by atoms with Crippen molar-refractivity contribution >= 4 is 28.9 Å². The van der Waals surface area contributed by atoms with Crippen molar-refractivity contribution in [3.8, 4) is 17.6 Å². The van der Waals surface area contributed by atoms with Gasteiger partial charge in [-0.15, -0.1) is 0 Å². The molecule has 0 unspecified atom stereocenters. The number of benzene rings is 2. The van der Waals surface area contributed by atoms with E-state index in [4.69, 9.17) is 14.7 Å². The molecule has 2 heterocycles. The van der Waals surface area contributed by atoms with E-state index in [1.807, 2.05) is 0 Å². The largest absolute Gasteiger partial charge is 0.454 e. The van der Waals surface area contributed by atoms with Crippen molar-refractivity contribution in [1.29, 1.82) is 5.26 Å². The summed E-state index contributed by atoms with van der Waals surface area (Å²) in [6.07, 6.45) is -0.365. The topological polar surface area (TPSA) is 83.7 Å². The minimum absolute atomic E-state index is 0.199. The molecule has 0 atom stereocenters. The van der Waals surface area contributed by atoms with E-state index < -0.39 is 35.0 Å². The van der Waals surface area contributed by atoms with Crippen LogP contribution in [0.15, 0.2) is 46.3 Å². The summed E-state index contributed by atoms with van der Waals surface area (Å²) in [5.74, 6) is -1.85. The predicted octanol–water partition coefficient (Wildman–Crippen LogP) is 5.89. The number of carbonyl (C=O) groups excluding carboxylic acids is 1. The zero-order valence-electron chi connectivity index (χ0n) is 18.9. The molecular weight excluding hydrogens is 498 g/mol. The molecule has 6 nitrogen and oxygen atoms in total. The van der Waals surface area contributed by atoms with Crippen LogP contribution in [0.3, 0.4) is 0 Å². The summed E-state index contributed by atoms with van der Waals surface area (Å²) >= 11 is 1.14. The number of nitrogens with zero attached hydrogens (tertiary/aromatic N) is 2. The summed E-state index contributed by atoms with van der Waals surface area (Å²) in [6, 6.07) is 8.06.